The summed E-state index contributed by atoms with van der Waals surface area (Å²) in [5.74, 6) is -0.245. The lowest BCUT2D eigenvalue weighted by Gasteiger charge is -2.16. The topological polar surface area (TPSA) is 71.0 Å². The molecule has 146 valence electrons. The SMILES string of the molecule is C/C(=N/NC(=O)[C@H](C)Oc1ccc(F)cc1)c1ccc(N2CCCC2=O)cc1. The van der Waals surface area contributed by atoms with Gasteiger partial charge in [0.05, 0.1) is 5.71 Å². The Balaban J connectivity index is 1.57. The normalized spacial score (nSPS) is 15.5. The summed E-state index contributed by atoms with van der Waals surface area (Å²) in [5, 5.41) is 4.11. The first-order valence-corrected chi connectivity index (χ1v) is 9.11. The van der Waals surface area contributed by atoms with Crippen LogP contribution in [-0.4, -0.2) is 30.2 Å². The third-order valence-electron chi connectivity index (χ3n) is 4.50. The average Bonchev–Trinajstić information content (AvgIpc) is 3.13. The maximum absolute atomic E-state index is 12.9. The van der Waals surface area contributed by atoms with Gasteiger partial charge in [0.2, 0.25) is 5.91 Å². The predicted octanol–water partition coefficient (Wildman–Crippen LogP) is 3.26. The number of benzene rings is 2. The Morgan fingerprint density at radius 3 is 2.46 bits per heavy atom. The molecule has 28 heavy (non-hydrogen) atoms. The number of nitrogens with one attached hydrogen (secondary N) is 1. The number of amides is 2. The third-order valence-corrected chi connectivity index (χ3v) is 4.50. The Kier molecular flexibility index (Phi) is 6.03. The summed E-state index contributed by atoms with van der Waals surface area (Å²) in [6, 6.07) is 12.9. The molecule has 0 radical (unpaired) electrons. The molecule has 7 heteroatoms. The van der Waals surface area contributed by atoms with Crippen LogP contribution >= 0.6 is 0 Å². The molecule has 6 nitrogen and oxygen atoms in total. The lowest BCUT2D eigenvalue weighted by Crippen LogP contribution is -2.33. The zero-order valence-corrected chi connectivity index (χ0v) is 15.8. The molecule has 3 rings (SSSR count). The molecule has 1 heterocycles. The smallest absolute Gasteiger partial charge is 0.280 e. The second-order valence-electron chi connectivity index (χ2n) is 6.58. The molecule has 1 aliphatic rings. The minimum Gasteiger partial charge on any atom is -0.481 e. The van der Waals surface area contributed by atoms with E-state index < -0.39 is 12.0 Å². The van der Waals surface area contributed by atoms with Crippen LogP contribution in [0, 0.1) is 5.82 Å². The van der Waals surface area contributed by atoms with Gasteiger partial charge in [-0.2, -0.15) is 5.10 Å². The fraction of sp³-hybridized carbons (Fsp3) is 0.286. The monoisotopic (exact) mass is 383 g/mol. The number of hydrogen-bond donors (Lipinski definition) is 1. The predicted molar refractivity (Wildman–Crippen MR) is 105 cm³/mol. The van der Waals surface area contributed by atoms with Crippen LogP contribution in [0.25, 0.3) is 0 Å². The summed E-state index contributed by atoms with van der Waals surface area (Å²) >= 11 is 0. The van der Waals surface area contributed by atoms with E-state index in [1.54, 1.807) is 18.7 Å². The van der Waals surface area contributed by atoms with Gasteiger partial charge < -0.3 is 9.64 Å². The number of rotatable bonds is 6. The molecule has 0 saturated carbocycles. The molecule has 1 fully saturated rings. The van der Waals surface area contributed by atoms with E-state index >= 15 is 0 Å². The minimum absolute atomic E-state index is 0.139. The van der Waals surface area contributed by atoms with Crippen LogP contribution in [-0.2, 0) is 9.59 Å². The lowest BCUT2D eigenvalue weighted by molar-refractivity contribution is -0.127. The van der Waals surface area contributed by atoms with E-state index in [2.05, 4.69) is 10.5 Å². The quantitative estimate of drug-likeness (QED) is 0.615. The van der Waals surface area contributed by atoms with Crippen LogP contribution in [0.2, 0.25) is 0 Å². The molecule has 1 N–H and O–H groups in total. The molecule has 0 spiro atoms. The zero-order valence-electron chi connectivity index (χ0n) is 15.8. The van der Waals surface area contributed by atoms with E-state index in [1.165, 1.54) is 24.3 Å². The van der Waals surface area contributed by atoms with Gasteiger partial charge in [0.1, 0.15) is 11.6 Å². The molecule has 0 aromatic heterocycles. The van der Waals surface area contributed by atoms with Gasteiger partial charge in [-0.15, -0.1) is 0 Å². The van der Waals surface area contributed by atoms with Crippen molar-refractivity contribution in [2.45, 2.75) is 32.8 Å². The Hall–Kier alpha value is -3.22. The van der Waals surface area contributed by atoms with Gasteiger partial charge in [0.15, 0.2) is 6.10 Å². The zero-order chi connectivity index (χ0) is 20.1. The van der Waals surface area contributed by atoms with Gasteiger partial charge in [0.25, 0.3) is 5.91 Å². The van der Waals surface area contributed by atoms with E-state index in [-0.39, 0.29) is 11.7 Å². The molecule has 1 atom stereocenters. The first-order chi connectivity index (χ1) is 13.4. The van der Waals surface area contributed by atoms with Crippen molar-refractivity contribution in [1.82, 2.24) is 5.43 Å². The fourth-order valence-electron chi connectivity index (χ4n) is 2.87. The highest BCUT2D eigenvalue weighted by Crippen LogP contribution is 2.21. The first-order valence-electron chi connectivity index (χ1n) is 9.11. The molecule has 2 aromatic carbocycles. The number of nitrogens with zero attached hydrogens (tertiary/aromatic N) is 2. The molecule has 0 aliphatic carbocycles. The second-order valence-corrected chi connectivity index (χ2v) is 6.58. The van der Waals surface area contributed by atoms with Crippen LogP contribution in [0.3, 0.4) is 0 Å². The van der Waals surface area contributed by atoms with Crippen LogP contribution in [0.4, 0.5) is 10.1 Å². The van der Waals surface area contributed by atoms with E-state index in [1.807, 2.05) is 24.3 Å². The highest BCUT2D eigenvalue weighted by atomic mass is 19.1. The standard InChI is InChI=1S/C21H22FN3O3/c1-14(16-5-9-18(10-6-16)25-13-3-4-20(25)26)23-24-21(27)15(2)28-19-11-7-17(22)8-12-19/h5-12,15H,3-4,13H2,1-2H3,(H,24,27)/b23-14-/t15-/m0/s1. The number of carbonyl (C=O) groups is 2. The molecular formula is C21H22FN3O3. The van der Waals surface area contributed by atoms with Crippen LogP contribution in [0.5, 0.6) is 5.75 Å². The maximum Gasteiger partial charge on any atom is 0.280 e. The minimum atomic E-state index is -0.787. The molecule has 2 aromatic rings. The third kappa shape index (κ3) is 4.73. The Morgan fingerprint density at radius 2 is 1.86 bits per heavy atom. The van der Waals surface area contributed by atoms with E-state index in [4.69, 9.17) is 4.74 Å². The molecule has 0 unspecified atom stereocenters. The molecular weight excluding hydrogens is 361 g/mol. The van der Waals surface area contributed by atoms with Crippen LogP contribution in [0.1, 0.15) is 32.3 Å². The second kappa shape index (κ2) is 8.65. The summed E-state index contributed by atoms with van der Waals surface area (Å²) in [7, 11) is 0. The van der Waals surface area contributed by atoms with E-state index in [9.17, 15) is 14.0 Å². The Labute approximate surface area is 163 Å². The summed E-state index contributed by atoms with van der Waals surface area (Å²) in [6.45, 7) is 4.11. The molecule has 2 amide bonds. The van der Waals surface area contributed by atoms with Crippen molar-refractivity contribution < 1.29 is 18.7 Å². The van der Waals surface area contributed by atoms with E-state index in [0.29, 0.717) is 17.9 Å². The first kappa shape index (κ1) is 19.5. The number of ether oxygens (including phenoxy) is 1. The summed E-state index contributed by atoms with van der Waals surface area (Å²) in [6.07, 6.45) is 0.683. The fourth-order valence-corrected chi connectivity index (χ4v) is 2.87. The highest BCUT2D eigenvalue weighted by molar-refractivity contribution is 6.00. The summed E-state index contributed by atoms with van der Waals surface area (Å²) in [4.78, 5) is 25.7. The maximum atomic E-state index is 12.9. The van der Waals surface area contributed by atoms with Crippen molar-refractivity contribution in [2.75, 3.05) is 11.4 Å². The molecule has 0 bridgehead atoms. The van der Waals surface area contributed by atoms with Gasteiger partial charge in [-0.05, 0) is 62.2 Å². The highest BCUT2D eigenvalue weighted by Gasteiger charge is 2.21. The van der Waals surface area contributed by atoms with Gasteiger partial charge in [-0.1, -0.05) is 12.1 Å². The number of carbonyl (C=O) groups excluding carboxylic acids is 2. The van der Waals surface area contributed by atoms with Gasteiger partial charge in [-0.3, -0.25) is 9.59 Å². The molecule has 1 aliphatic heterocycles. The average molecular weight is 383 g/mol. The van der Waals surface area contributed by atoms with Gasteiger partial charge >= 0.3 is 0 Å². The van der Waals surface area contributed by atoms with Crippen LogP contribution < -0.4 is 15.1 Å². The van der Waals surface area contributed by atoms with Crippen molar-refractivity contribution in [3.05, 3.63) is 59.9 Å². The van der Waals surface area contributed by atoms with Crippen molar-refractivity contribution >= 4 is 23.2 Å². The van der Waals surface area contributed by atoms with Crippen molar-refractivity contribution in [2.24, 2.45) is 5.10 Å². The van der Waals surface area contributed by atoms with Gasteiger partial charge in [-0.25, -0.2) is 9.82 Å². The Bertz CT molecular complexity index is 879. The summed E-state index contributed by atoms with van der Waals surface area (Å²) in [5.41, 5.74) is 4.80. The van der Waals surface area contributed by atoms with Crippen molar-refractivity contribution in [3.63, 3.8) is 0 Å². The largest absolute Gasteiger partial charge is 0.481 e. The Morgan fingerprint density at radius 1 is 1.18 bits per heavy atom. The van der Waals surface area contributed by atoms with Crippen molar-refractivity contribution in [1.29, 1.82) is 0 Å². The van der Waals surface area contributed by atoms with Crippen molar-refractivity contribution in [3.8, 4) is 5.75 Å². The lowest BCUT2D eigenvalue weighted by atomic mass is 10.1. The molecule has 1 saturated heterocycles. The number of hydrogen-bond acceptors (Lipinski definition) is 4. The number of hydrazone groups is 1. The van der Waals surface area contributed by atoms with Gasteiger partial charge in [0, 0.05) is 18.7 Å². The van der Waals surface area contributed by atoms with E-state index in [0.717, 1.165) is 24.2 Å². The number of anilines is 1. The summed E-state index contributed by atoms with van der Waals surface area (Å²) < 4.78 is 18.4. The van der Waals surface area contributed by atoms with Crippen LogP contribution in [0.15, 0.2) is 53.6 Å². The number of halogens is 1.